The van der Waals surface area contributed by atoms with Crippen molar-refractivity contribution in [2.45, 2.75) is 44.7 Å². The van der Waals surface area contributed by atoms with Crippen LogP contribution in [0.3, 0.4) is 0 Å². The molecule has 0 radical (unpaired) electrons. The molecule has 2 rings (SSSR count). The van der Waals surface area contributed by atoms with Crippen molar-refractivity contribution < 1.29 is 26.0 Å². The van der Waals surface area contributed by atoms with Gasteiger partial charge in [0.05, 0.1) is 6.26 Å². The summed E-state index contributed by atoms with van der Waals surface area (Å²) in [6.45, 7) is 4.89. The average molecular weight is 552 g/mol. The molecule has 2 N–H and O–H groups in total. The molecule has 12 heteroatoms. The molecule has 0 aromatic carbocycles. The van der Waals surface area contributed by atoms with Crippen LogP contribution in [0, 0.1) is 5.92 Å². The van der Waals surface area contributed by atoms with E-state index in [2.05, 4.69) is 15.6 Å². The highest BCUT2D eigenvalue weighted by molar-refractivity contribution is 14.0. The normalized spacial score (nSPS) is 17.2. The van der Waals surface area contributed by atoms with E-state index in [4.69, 9.17) is 4.42 Å². The van der Waals surface area contributed by atoms with Gasteiger partial charge in [0.25, 0.3) is 0 Å². The van der Waals surface area contributed by atoms with Crippen LogP contribution in [0.5, 0.6) is 0 Å². The van der Waals surface area contributed by atoms with Crippen LogP contribution in [-0.2, 0) is 16.4 Å². The molecular formula is C17H28F3IN4O3S. The Balaban J connectivity index is 0.00000420. The fourth-order valence-corrected chi connectivity index (χ4v) is 3.75. The van der Waals surface area contributed by atoms with E-state index in [9.17, 15) is 21.6 Å². The molecule has 1 saturated heterocycles. The summed E-state index contributed by atoms with van der Waals surface area (Å²) in [5.74, 6) is 1.75. The van der Waals surface area contributed by atoms with E-state index in [-0.39, 0.29) is 55.9 Å². The molecular weight excluding hydrogens is 524 g/mol. The Morgan fingerprint density at radius 2 is 2.00 bits per heavy atom. The molecule has 0 spiro atoms. The maximum atomic E-state index is 12.7. The summed E-state index contributed by atoms with van der Waals surface area (Å²) in [5, 5.41) is 6.40. The van der Waals surface area contributed by atoms with Crippen LogP contribution in [0.2, 0.25) is 0 Å². The Kier molecular flexibility index (Phi) is 10.2. The van der Waals surface area contributed by atoms with Gasteiger partial charge in [-0.15, -0.1) is 24.0 Å². The predicted octanol–water partition coefficient (Wildman–Crippen LogP) is 2.95. The van der Waals surface area contributed by atoms with E-state index in [1.54, 1.807) is 6.26 Å². The van der Waals surface area contributed by atoms with Crippen LogP contribution in [0.15, 0.2) is 27.8 Å². The summed E-state index contributed by atoms with van der Waals surface area (Å²) < 4.78 is 66.8. The summed E-state index contributed by atoms with van der Waals surface area (Å²) in [4.78, 5) is 4.50. The van der Waals surface area contributed by atoms with E-state index in [1.165, 1.54) is 0 Å². The standard InChI is InChI=1S/C17H27F3N4O3S.HI/c1-13(2)12-22-16(21-8-5-15-4-3-11-27-15)23-14-6-9-24(10-7-14)28(25,26)17(18,19)20;/h3-4,11,13-14H,5-10,12H2,1-2H3,(H2,21,22,23);1H. The zero-order valence-electron chi connectivity index (χ0n) is 16.4. The van der Waals surface area contributed by atoms with Crippen molar-refractivity contribution in [3.63, 3.8) is 0 Å². The molecule has 29 heavy (non-hydrogen) atoms. The number of halogens is 4. The number of nitrogens with one attached hydrogen (secondary N) is 2. The summed E-state index contributed by atoms with van der Waals surface area (Å²) >= 11 is 0. The first-order valence-electron chi connectivity index (χ1n) is 9.23. The predicted molar refractivity (Wildman–Crippen MR) is 116 cm³/mol. The Hall–Kier alpha value is -1.02. The number of rotatable bonds is 7. The lowest BCUT2D eigenvalue weighted by molar-refractivity contribution is -0.0494. The van der Waals surface area contributed by atoms with Crippen LogP contribution in [0.1, 0.15) is 32.4 Å². The van der Waals surface area contributed by atoms with Crippen molar-refractivity contribution in [3.05, 3.63) is 24.2 Å². The highest BCUT2D eigenvalue weighted by atomic mass is 127. The van der Waals surface area contributed by atoms with Crippen molar-refractivity contribution in [1.29, 1.82) is 0 Å². The minimum atomic E-state index is -5.26. The molecule has 1 aromatic heterocycles. The van der Waals surface area contributed by atoms with E-state index in [0.717, 1.165) is 5.76 Å². The third kappa shape index (κ3) is 7.96. The third-order valence-electron chi connectivity index (χ3n) is 4.29. The largest absolute Gasteiger partial charge is 0.511 e. The molecule has 0 unspecified atom stereocenters. The van der Waals surface area contributed by atoms with E-state index >= 15 is 0 Å². The molecule has 1 aromatic rings. The summed E-state index contributed by atoms with van der Waals surface area (Å²) in [7, 11) is -5.26. The van der Waals surface area contributed by atoms with Gasteiger partial charge in [0.15, 0.2) is 5.96 Å². The fourth-order valence-electron chi connectivity index (χ4n) is 2.77. The molecule has 1 aliphatic heterocycles. The van der Waals surface area contributed by atoms with Crippen LogP contribution in [0.25, 0.3) is 0 Å². The molecule has 2 heterocycles. The highest BCUT2D eigenvalue weighted by Crippen LogP contribution is 2.28. The van der Waals surface area contributed by atoms with Crippen LogP contribution >= 0.6 is 24.0 Å². The zero-order valence-corrected chi connectivity index (χ0v) is 19.6. The second-order valence-corrected chi connectivity index (χ2v) is 9.04. The van der Waals surface area contributed by atoms with Crippen LogP contribution in [-0.4, -0.2) is 56.4 Å². The molecule has 0 amide bonds. The second kappa shape index (κ2) is 11.4. The number of sulfonamides is 1. The monoisotopic (exact) mass is 552 g/mol. The number of hydrogen-bond acceptors (Lipinski definition) is 4. The lowest BCUT2D eigenvalue weighted by Gasteiger charge is -2.32. The highest BCUT2D eigenvalue weighted by Gasteiger charge is 2.50. The molecule has 168 valence electrons. The van der Waals surface area contributed by atoms with Gasteiger partial charge in [-0.2, -0.15) is 17.5 Å². The van der Waals surface area contributed by atoms with Crippen molar-refractivity contribution >= 4 is 40.0 Å². The molecule has 7 nitrogen and oxygen atoms in total. The molecule has 1 fully saturated rings. The summed E-state index contributed by atoms with van der Waals surface area (Å²) in [6, 6.07) is 3.53. The van der Waals surface area contributed by atoms with Crippen molar-refractivity contribution in [2.75, 3.05) is 26.2 Å². The first-order chi connectivity index (χ1) is 13.1. The topological polar surface area (TPSA) is 86.9 Å². The van der Waals surface area contributed by atoms with Crippen molar-refractivity contribution in [1.82, 2.24) is 14.9 Å². The Labute approximate surface area is 186 Å². The maximum absolute atomic E-state index is 12.7. The third-order valence-corrected chi connectivity index (χ3v) is 5.92. The quantitative estimate of drug-likeness (QED) is 0.309. The van der Waals surface area contributed by atoms with Gasteiger partial charge in [-0.05, 0) is 30.9 Å². The summed E-state index contributed by atoms with van der Waals surface area (Å²) in [6.07, 6.45) is 2.81. The van der Waals surface area contributed by atoms with Gasteiger partial charge in [0, 0.05) is 38.6 Å². The number of aliphatic imine (C=N–C) groups is 1. The van der Waals surface area contributed by atoms with Gasteiger partial charge in [-0.1, -0.05) is 13.8 Å². The lowest BCUT2D eigenvalue weighted by Crippen LogP contribution is -2.52. The Morgan fingerprint density at radius 1 is 1.34 bits per heavy atom. The van der Waals surface area contributed by atoms with Crippen molar-refractivity contribution in [3.8, 4) is 0 Å². The molecule has 0 aliphatic carbocycles. The van der Waals surface area contributed by atoms with Gasteiger partial charge in [-0.25, -0.2) is 8.42 Å². The number of guanidine groups is 1. The minimum Gasteiger partial charge on any atom is -0.469 e. The van der Waals surface area contributed by atoms with E-state index in [1.807, 2.05) is 26.0 Å². The molecule has 0 atom stereocenters. The number of hydrogen-bond donors (Lipinski definition) is 2. The van der Waals surface area contributed by atoms with E-state index < -0.39 is 15.5 Å². The second-order valence-electron chi connectivity index (χ2n) is 7.11. The number of nitrogens with zero attached hydrogens (tertiary/aromatic N) is 2. The number of furan rings is 1. The summed E-state index contributed by atoms with van der Waals surface area (Å²) in [5.41, 5.74) is -5.26. The Bertz CT molecular complexity index is 732. The average Bonchev–Trinajstić information content (AvgIpc) is 3.12. The van der Waals surface area contributed by atoms with Gasteiger partial charge in [0.1, 0.15) is 5.76 Å². The zero-order chi connectivity index (χ0) is 20.8. The SMILES string of the molecule is CC(C)CN=C(NCCc1ccco1)NC1CCN(S(=O)(=O)C(F)(F)F)CC1.I. The molecule has 0 bridgehead atoms. The lowest BCUT2D eigenvalue weighted by atomic mass is 10.1. The molecule has 0 saturated carbocycles. The van der Waals surface area contributed by atoms with Gasteiger partial charge in [0.2, 0.25) is 0 Å². The fraction of sp³-hybridized carbons (Fsp3) is 0.706. The van der Waals surface area contributed by atoms with Gasteiger partial charge < -0.3 is 15.1 Å². The first-order valence-corrected chi connectivity index (χ1v) is 10.7. The first kappa shape index (κ1) is 26.0. The number of alkyl halides is 3. The minimum absolute atomic E-state index is 0. The van der Waals surface area contributed by atoms with Crippen LogP contribution < -0.4 is 10.6 Å². The Morgan fingerprint density at radius 3 is 2.52 bits per heavy atom. The van der Waals surface area contributed by atoms with Gasteiger partial charge >= 0.3 is 15.5 Å². The van der Waals surface area contributed by atoms with Crippen LogP contribution in [0.4, 0.5) is 13.2 Å². The maximum Gasteiger partial charge on any atom is 0.511 e. The number of piperidine rings is 1. The van der Waals surface area contributed by atoms with Crippen molar-refractivity contribution in [2.24, 2.45) is 10.9 Å². The smallest absolute Gasteiger partial charge is 0.469 e. The van der Waals surface area contributed by atoms with Gasteiger partial charge in [-0.3, -0.25) is 4.99 Å². The van der Waals surface area contributed by atoms with E-state index in [0.29, 0.717) is 35.7 Å². The molecule has 1 aliphatic rings.